The Morgan fingerprint density at radius 2 is 1.74 bits per heavy atom. The molecule has 6 heteroatoms. The Balaban J connectivity index is 1.97. The van der Waals surface area contributed by atoms with E-state index in [9.17, 15) is 0 Å². The van der Waals surface area contributed by atoms with Crippen molar-refractivity contribution < 1.29 is 0 Å². The van der Waals surface area contributed by atoms with Crippen LogP contribution in [-0.2, 0) is 5.54 Å². The van der Waals surface area contributed by atoms with Crippen LogP contribution in [0.15, 0.2) is 48.5 Å². The average molecular weight is 328 g/mol. The molecule has 0 saturated heterocycles. The van der Waals surface area contributed by atoms with E-state index in [0.29, 0.717) is 5.02 Å². The maximum Gasteiger partial charge on any atom is 0.181 e. The molecule has 0 aliphatic carbocycles. The molecule has 3 aromatic rings. The molecule has 0 fully saturated rings. The minimum absolute atomic E-state index is 0.459. The van der Waals surface area contributed by atoms with Crippen molar-refractivity contribution in [3.05, 3.63) is 64.9 Å². The molecule has 0 aliphatic heterocycles. The minimum atomic E-state index is -0.459. The highest BCUT2D eigenvalue weighted by Crippen LogP contribution is 2.26. The third-order valence-electron chi connectivity index (χ3n) is 3.67. The Hall–Kier alpha value is -2.40. The van der Waals surface area contributed by atoms with Gasteiger partial charge in [-0.3, -0.25) is 0 Å². The van der Waals surface area contributed by atoms with Gasteiger partial charge in [0.05, 0.1) is 11.2 Å². The van der Waals surface area contributed by atoms with Gasteiger partial charge in [-0.25, -0.2) is 0 Å². The molecular weight excluding hydrogens is 310 g/mol. The Morgan fingerprint density at radius 1 is 1.04 bits per heavy atom. The first-order valence-corrected chi connectivity index (χ1v) is 7.74. The molecule has 0 bridgehead atoms. The molecular formula is C17H18ClN5. The van der Waals surface area contributed by atoms with E-state index in [1.165, 1.54) is 0 Å². The van der Waals surface area contributed by atoms with Crippen molar-refractivity contribution in [1.82, 2.24) is 20.2 Å². The van der Waals surface area contributed by atoms with Crippen LogP contribution in [0.25, 0.3) is 5.69 Å². The largest absolute Gasteiger partial charge is 0.373 e. The number of nitrogens with one attached hydrogen (secondary N) is 1. The molecule has 0 radical (unpaired) electrons. The normalized spacial score (nSPS) is 11.5. The van der Waals surface area contributed by atoms with Gasteiger partial charge < -0.3 is 5.32 Å². The topological polar surface area (TPSA) is 55.6 Å². The second kappa shape index (κ2) is 6.01. The smallest absolute Gasteiger partial charge is 0.181 e. The van der Waals surface area contributed by atoms with E-state index < -0.39 is 5.54 Å². The summed E-state index contributed by atoms with van der Waals surface area (Å²) in [6.07, 6.45) is 0. The zero-order valence-electron chi connectivity index (χ0n) is 13.3. The van der Waals surface area contributed by atoms with Crippen molar-refractivity contribution in [3.8, 4) is 5.69 Å². The number of hydrogen-bond donors (Lipinski definition) is 1. The number of aryl methyl sites for hydroxylation is 1. The van der Waals surface area contributed by atoms with Gasteiger partial charge in [-0.15, -0.1) is 5.10 Å². The molecule has 3 rings (SSSR count). The summed E-state index contributed by atoms with van der Waals surface area (Å²) in [4.78, 5) is 0. The summed E-state index contributed by atoms with van der Waals surface area (Å²) < 4.78 is 1.78. The second-order valence-corrected chi connectivity index (χ2v) is 6.39. The van der Waals surface area contributed by atoms with E-state index in [0.717, 1.165) is 22.8 Å². The summed E-state index contributed by atoms with van der Waals surface area (Å²) in [5.41, 5.74) is 2.58. The van der Waals surface area contributed by atoms with Gasteiger partial charge in [-0.1, -0.05) is 29.8 Å². The third kappa shape index (κ3) is 3.19. The first kappa shape index (κ1) is 15.5. The van der Waals surface area contributed by atoms with E-state index in [2.05, 4.69) is 20.8 Å². The predicted molar refractivity (Wildman–Crippen MR) is 92.0 cm³/mol. The van der Waals surface area contributed by atoms with Crippen LogP contribution in [0.4, 0.5) is 5.69 Å². The van der Waals surface area contributed by atoms with Crippen LogP contribution in [0, 0.1) is 6.92 Å². The van der Waals surface area contributed by atoms with Gasteiger partial charge >= 0.3 is 0 Å². The van der Waals surface area contributed by atoms with Crippen LogP contribution in [0.5, 0.6) is 0 Å². The molecule has 0 saturated carbocycles. The SMILES string of the molecule is Cc1ccccc1-n1nnnc1C(C)(C)Nc1ccc(Cl)cc1. The number of rotatable bonds is 4. The van der Waals surface area contributed by atoms with E-state index in [1.54, 1.807) is 4.68 Å². The van der Waals surface area contributed by atoms with Crippen molar-refractivity contribution in [3.63, 3.8) is 0 Å². The van der Waals surface area contributed by atoms with Gasteiger partial charge in [0.25, 0.3) is 0 Å². The van der Waals surface area contributed by atoms with Crippen molar-refractivity contribution in [2.75, 3.05) is 5.32 Å². The number of halogens is 1. The lowest BCUT2D eigenvalue weighted by atomic mass is 10.0. The number of anilines is 1. The van der Waals surface area contributed by atoms with Gasteiger partial charge in [0, 0.05) is 10.7 Å². The summed E-state index contributed by atoms with van der Waals surface area (Å²) in [5.74, 6) is 0.738. The molecule has 2 aromatic carbocycles. The first-order valence-electron chi connectivity index (χ1n) is 7.36. The average Bonchev–Trinajstić information content (AvgIpc) is 3.00. The monoisotopic (exact) mass is 327 g/mol. The second-order valence-electron chi connectivity index (χ2n) is 5.96. The number of hydrogen-bond acceptors (Lipinski definition) is 4. The molecule has 0 spiro atoms. The Morgan fingerprint density at radius 3 is 2.43 bits per heavy atom. The molecule has 1 heterocycles. The van der Waals surface area contributed by atoms with Crippen LogP contribution < -0.4 is 5.32 Å². The lowest BCUT2D eigenvalue weighted by Crippen LogP contribution is -2.32. The minimum Gasteiger partial charge on any atom is -0.373 e. The summed E-state index contributed by atoms with van der Waals surface area (Å²) in [6, 6.07) is 15.6. The standard InChI is InChI=1S/C17H18ClN5/c1-12-6-4-5-7-15(12)23-16(20-21-22-23)17(2,3)19-14-10-8-13(18)9-11-14/h4-11,19H,1-3H3. The third-order valence-corrected chi connectivity index (χ3v) is 3.93. The molecule has 5 nitrogen and oxygen atoms in total. The number of para-hydroxylation sites is 1. The van der Waals surface area contributed by atoms with E-state index >= 15 is 0 Å². The highest BCUT2D eigenvalue weighted by molar-refractivity contribution is 6.30. The van der Waals surface area contributed by atoms with Crippen molar-refractivity contribution >= 4 is 17.3 Å². The number of nitrogens with zero attached hydrogens (tertiary/aromatic N) is 4. The molecule has 1 N–H and O–H groups in total. The molecule has 0 amide bonds. The fourth-order valence-electron chi connectivity index (χ4n) is 2.49. The van der Waals surface area contributed by atoms with Gasteiger partial charge in [-0.2, -0.15) is 4.68 Å². The van der Waals surface area contributed by atoms with Gasteiger partial charge in [-0.05, 0) is 67.1 Å². The van der Waals surface area contributed by atoms with E-state index in [-0.39, 0.29) is 0 Å². The number of tetrazole rings is 1. The maximum absolute atomic E-state index is 5.94. The highest BCUT2D eigenvalue weighted by atomic mass is 35.5. The van der Waals surface area contributed by atoms with Crippen LogP contribution in [0.3, 0.4) is 0 Å². The molecule has 0 aliphatic rings. The Bertz CT molecular complexity index is 808. The molecule has 0 unspecified atom stereocenters. The van der Waals surface area contributed by atoms with Crippen molar-refractivity contribution in [2.45, 2.75) is 26.3 Å². The number of benzene rings is 2. The molecule has 118 valence electrons. The van der Waals surface area contributed by atoms with Gasteiger partial charge in [0.1, 0.15) is 0 Å². The summed E-state index contributed by atoms with van der Waals surface area (Å²) in [5, 5.41) is 16.4. The predicted octanol–water partition coefficient (Wildman–Crippen LogP) is 3.97. The Kier molecular flexibility index (Phi) is 4.05. The van der Waals surface area contributed by atoms with Crippen LogP contribution in [0.1, 0.15) is 25.2 Å². The lowest BCUT2D eigenvalue weighted by molar-refractivity contribution is 0.541. The van der Waals surface area contributed by atoms with Gasteiger partial charge in [0.2, 0.25) is 0 Å². The molecule has 1 aromatic heterocycles. The van der Waals surface area contributed by atoms with E-state index in [1.807, 2.05) is 69.3 Å². The first-order chi connectivity index (χ1) is 11.0. The van der Waals surface area contributed by atoms with Crippen LogP contribution in [0.2, 0.25) is 5.02 Å². The fourth-order valence-corrected chi connectivity index (χ4v) is 2.62. The summed E-state index contributed by atoms with van der Waals surface area (Å²) in [6.45, 7) is 6.13. The fraction of sp³-hybridized carbons (Fsp3) is 0.235. The summed E-state index contributed by atoms with van der Waals surface area (Å²) >= 11 is 5.94. The zero-order chi connectivity index (χ0) is 16.4. The van der Waals surface area contributed by atoms with Crippen LogP contribution in [-0.4, -0.2) is 20.2 Å². The van der Waals surface area contributed by atoms with Crippen LogP contribution >= 0.6 is 11.6 Å². The zero-order valence-corrected chi connectivity index (χ0v) is 14.0. The quantitative estimate of drug-likeness (QED) is 0.787. The maximum atomic E-state index is 5.94. The molecule has 23 heavy (non-hydrogen) atoms. The highest BCUT2D eigenvalue weighted by Gasteiger charge is 2.28. The Labute approximate surface area is 140 Å². The summed E-state index contributed by atoms with van der Waals surface area (Å²) in [7, 11) is 0. The van der Waals surface area contributed by atoms with E-state index in [4.69, 9.17) is 11.6 Å². The molecule has 0 atom stereocenters. The number of aromatic nitrogens is 4. The van der Waals surface area contributed by atoms with Crippen molar-refractivity contribution in [1.29, 1.82) is 0 Å². The lowest BCUT2D eigenvalue weighted by Gasteiger charge is -2.26. The van der Waals surface area contributed by atoms with Crippen molar-refractivity contribution in [2.24, 2.45) is 0 Å². The van der Waals surface area contributed by atoms with Gasteiger partial charge in [0.15, 0.2) is 5.82 Å².